The van der Waals surface area contributed by atoms with Crippen molar-refractivity contribution < 1.29 is 23.9 Å². The quantitative estimate of drug-likeness (QED) is 0.0759. The first-order chi connectivity index (χ1) is 24.4. The third-order valence-electron chi connectivity index (χ3n) is 10.6. The molecule has 1 aliphatic rings. The number of aromatic nitrogens is 1. The highest BCUT2D eigenvalue weighted by atomic mass is 32.1. The van der Waals surface area contributed by atoms with Gasteiger partial charge in [0.05, 0.1) is 11.0 Å². The van der Waals surface area contributed by atoms with E-state index in [1.165, 1.54) is 11.3 Å². The van der Waals surface area contributed by atoms with E-state index in [2.05, 4.69) is 51.8 Å². The topological polar surface area (TPSA) is 109 Å². The molecular formula is C41H64N4O5S. The van der Waals surface area contributed by atoms with Gasteiger partial charge in [-0.1, -0.05) is 91.6 Å². The predicted molar refractivity (Wildman–Crippen MR) is 206 cm³/mol. The molecule has 1 aromatic carbocycles. The van der Waals surface area contributed by atoms with Crippen molar-refractivity contribution in [2.24, 2.45) is 23.7 Å². The van der Waals surface area contributed by atoms with Crippen LogP contribution in [0, 0.1) is 23.7 Å². The Morgan fingerprint density at radius 2 is 1.80 bits per heavy atom. The van der Waals surface area contributed by atoms with Crippen molar-refractivity contribution in [2.75, 3.05) is 26.9 Å². The van der Waals surface area contributed by atoms with Gasteiger partial charge in [0.2, 0.25) is 5.91 Å². The van der Waals surface area contributed by atoms with Gasteiger partial charge in [0.25, 0.3) is 5.91 Å². The van der Waals surface area contributed by atoms with E-state index in [0.717, 1.165) is 55.5 Å². The molecule has 1 aliphatic heterocycles. The molecule has 284 valence electrons. The van der Waals surface area contributed by atoms with Crippen LogP contribution in [0.2, 0.25) is 0 Å². The maximum absolute atomic E-state index is 14.6. The lowest BCUT2D eigenvalue weighted by molar-refractivity contribution is -0.150. The van der Waals surface area contributed by atoms with Gasteiger partial charge in [-0.15, -0.1) is 11.3 Å². The standard InChI is InChI=1S/C41H64N4O5S/c1-9-20-50-27-45(41(49)34(30(6)10-2)24-38(47)36-18-14-15-19-44(36)8)37(28(3)4)22-31(7)40-43-35(26-51-40)39(48)42-33(21-29(5)25-46)23-32-16-12-11-13-17-32/h11-13,16-17,25-26,28-31,33-34,36-37H,9-10,14-15,18-24,27H2,1-8H3,(H,42,48)/t29-,30?,31+,33+,34-,36+,37-/m0/s1. The molecule has 0 radical (unpaired) electrons. The zero-order valence-corrected chi connectivity index (χ0v) is 33.3. The first-order valence-corrected chi connectivity index (χ1v) is 20.1. The zero-order valence-electron chi connectivity index (χ0n) is 32.4. The number of hydrogen-bond acceptors (Lipinski definition) is 8. The molecule has 1 unspecified atom stereocenters. The van der Waals surface area contributed by atoms with Crippen LogP contribution in [0.3, 0.4) is 0 Å². The molecule has 51 heavy (non-hydrogen) atoms. The van der Waals surface area contributed by atoms with Gasteiger partial charge < -0.3 is 19.7 Å². The van der Waals surface area contributed by atoms with Crippen molar-refractivity contribution in [3.05, 3.63) is 52.0 Å². The minimum absolute atomic E-state index is 0.00798. The van der Waals surface area contributed by atoms with E-state index < -0.39 is 5.92 Å². The Hall–Kier alpha value is -2.95. The van der Waals surface area contributed by atoms with Crippen LogP contribution in [0.15, 0.2) is 35.7 Å². The molecule has 1 N–H and O–H groups in total. The number of rotatable bonds is 22. The number of piperidine rings is 1. The highest BCUT2D eigenvalue weighted by Crippen LogP contribution is 2.32. The van der Waals surface area contributed by atoms with E-state index in [-0.39, 0.29) is 72.5 Å². The fraction of sp³-hybridized carbons (Fsp3) is 0.683. The Kier molecular flexibility index (Phi) is 17.9. The third kappa shape index (κ3) is 12.9. The van der Waals surface area contributed by atoms with Crippen LogP contribution in [0.5, 0.6) is 0 Å². The number of carbonyl (C=O) groups is 4. The summed E-state index contributed by atoms with van der Waals surface area (Å²) in [6.45, 7) is 16.1. The molecule has 9 nitrogen and oxygen atoms in total. The van der Waals surface area contributed by atoms with Crippen LogP contribution in [0.25, 0.3) is 0 Å². The molecule has 0 bridgehead atoms. The summed E-state index contributed by atoms with van der Waals surface area (Å²) in [6.07, 6.45) is 7.63. The Morgan fingerprint density at radius 3 is 2.43 bits per heavy atom. The number of amides is 2. The molecular weight excluding hydrogens is 661 g/mol. The predicted octanol–water partition coefficient (Wildman–Crippen LogP) is 7.55. The number of aldehydes is 1. The molecule has 0 aliphatic carbocycles. The summed E-state index contributed by atoms with van der Waals surface area (Å²) in [5.41, 5.74) is 1.46. The van der Waals surface area contributed by atoms with Gasteiger partial charge >= 0.3 is 0 Å². The van der Waals surface area contributed by atoms with E-state index in [4.69, 9.17) is 9.72 Å². The molecule has 0 spiro atoms. The lowest BCUT2D eigenvalue weighted by Crippen LogP contribution is -2.50. The van der Waals surface area contributed by atoms with Crippen LogP contribution in [0.1, 0.15) is 127 Å². The fourth-order valence-corrected chi connectivity index (χ4v) is 8.06. The highest BCUT2D eigenvalue weighted by Gasteiger charge is 2.38. The molecule has 2 amide bonds. The lowest BCUT2D eigenvalue weighted by atomic mass is 9.82. The number of benzene rings is 1. The van der Waals surface area contributed by atoms with Gasteiger partial charge in [0, 0.05) is 48.2 Å². The number of ketones is 1. The number of Topliss-reactive ketones (excluding diaryl/α,β-unsaturated/α-hetero) is 1. The van der Waals surface area contributed by atoms with Crippen LogP contribution in [0.4, 0.5) is 0 Å². The highest BCUT2D eigenvalue weighted by molar-refractivity contribution is 7.09. The molecule has 1 fully saturated rings. The summed E-state index contributed by atoms with van der Waals surface area (Å²) < 4.78 is 6.06. The van der Waals surface area contributed by atoms with E-state index in [9.17, 15) is 19.2 Å². The second kappa shape index (κ2) is 21.5. The van der Waals surface area contributed by atoms with E-state index in [1.54, 1.807) is 5.38 Å². The van der Waals surface area contributed by atoms with E-state index >= 15 is 0 Å². The van der Waals surface area contributed by atoms with Crippen molar-refractivity contribution >= 4 is 35.2 Å². The second-order valence-electron chi connectivity index (χ2n) is 15.2. The summed E-state index contributed by atoms with van der Waals surface area (Å²) >= 11 is 1.46. The number of nitrogens with one attached hydrogen (secondary N) is 1. The van der Waals surface area contributed by atoms with Gasteiger partial charge in [0.15, 0.2) is 5.78 Å². The Labute approximate surface area is 311 Å². The van der Waals surface area contributed by atoms with Gasteiger partial charge in [-0.25, -0.2) is 4.98 Å². The Morgan fingerprint density at radius 1 is 1.08 bits per heavy atom. The maximum Gasteiger partial charge on any atom is 0.270 e. The summed E-state index contributed by atoms with van der Waals surface area (Å²) in [4.78, 5) is 62.1. The van der Waals surface area contributed by atoms with Crippen LogP contribution in [-0.2, 0) is 25.5 Å². The second-order valence-corrected chi connectivity index (χ2v) is 16.1. The number of ether oxygens (including phenoxy) is 1. The lowest BCUT2D eigenvalue weighted by Gasteiger charge is -2.39. The van der Waals surface area contributed by atoms with Crippen molar-refractivity contribution in [2.45, 2.75) is 130 Å². The molecule has 2 aromatic rings. The summed E-state index contributed by atoms with van der Waals surface area (Å²) in [5, 5.41) is 5.77. The average molecular weight is 725 g/mol. The largest absolute Gasteiger partial charge is 0.361 e. The smallest absolute Gasteiger partial charge is 0.270 e. The van der Waals surface area contributed by atoms with E-state index in [1.807, 2.05) is 49.2 Å². The fourth-order valence-electron chi connectivity index (χ4n) is 7.19. The summed E-state index contributed by atoms with van der Waals surface area (Å²) in [6, 6.07) is 9.48. The Bertz CT molecular complexity index is 1370. The number of likely N-dealkylation sites (N-methyl/N-ethyl adjacent to an activating group) is 1. The number of nitrogens with zero attached hydrogens (tertiary/aromatic N) is 3. The normalized spacial score (nSPS) is 18.7. The van der Waals surface area contributed by atoms with Crippen LogP contribution >= 0.6 is 11.3 Å². The van der Waals surface area contributed by atoms with Gasteiger partial charge in [-0.3, -0.25) is 19.3 Å². The molecule has 1 aromatic heterocycles. The van der Waals surface area contributed by atoms with Gasteiger partial charge in [-0.05, 0) is 69.5 Å². The Balaban J connectivity index is 1.80. The van der Waals surface area contributed by atoms with Crippen molar-refractivity contribution in [1.29, 1.82) is 0 Å². The third-order valence-corrected chi connectivity index (χ3v) is 11.6. The number of hydrogen-bond donors (Lipinski definition) is 1. The van der Waals surface area contributed by atoms with Gasteiger partial charge in [-0.2, -0.15) is 0 Å². The van der Waals surface area contributed by atoms with Gasteiger partial charge in [0.1, 0.15) is 18.7 Å². The number of carbonyl (C=O) groups excluding carboxylic acids is 4. The number of likely N-dealkylation sites (tertiary alicyclic amines) is 1. The number of thiazole rings is 1. The first-order valence-electron chi connectivity index (χ1n) is 19.3. The zero-order chi connectivity index (χ0) is 37.5. The van der Waals surface area contributed by atoms with Crippen LogP contribution < -0.4 is 5.32 Å². The molecule has 0 saturated carbocycles. The summed E-state index contributed by atoms with van der Waals surface area (Å²) in [7, 11) is 2.02. The molecule has 10 heteroatoms. The minimum atomic E-state index is -0.416. The maximum atomic E-state index is 14.6. The van der Waals surface area contributed by atoms with Crippen molar-refractivity contribution in [1.82, 2.24) is 20.1 Å². The monoisotopic (exact) mass is 724 g/mol. The molecule has 3 rings (SSSR count). The van der Waals surface area contributed by atoms with E-state index in [0.29, 0.717) is 31.6 Å². The molecule has 1 saturated heterocycles. The average Bonchev–Trinajstić information content (AvgIpc) is 3.62. The van der Waals surface area contributed by atoms with Crippen LogP contribution in [-0.4, -0.2) is 83.7 Å². The van der Waals surface area contributed by atoms with Crippen molar-refractivity contribution in [3.63, 3.8) is 0 Å². The first kappa shape index (κ1) is 42.5. The molecule has 2 heterocycles. The SMILES string of the molecule is CCCOCN(C(=O)[C@@H](CC(=O)[C@H]1CCCCN1C)C(C)CC)[C@@H](C[C@@H](C)c1nc(C(=O)N[C@@H](Cc2ccccc2)C[C@H](C)C=O)cs1)C(C)C. The van der Waals surface area contributed by atoms with Crippen molar-refractivity contribution in [3.8, 4) is 0 Å². The molecule has 7 atom stereocenters. The minimum Gasteiger partial charge on any atom is -0.361 e. The summed E-state index contributed by atoms with van der Waals surface area (Å²) in [5.74, 6) is -0.544.